The number of hydrogen-bond donors (Lipinski definition) is 0. The van der Waals surface area contributed by atoms with Gasteiger partial charge in [0, 0.05) is 19.1 Å². The monoisotopic (exact) mass is 560 g/mol. The quantitative estimate of drug-likeness (QED) is 0.135. The molecule has 0 N–H and O–H groups in total. The van der Waals surface area contributed by atoms with Crippen LogP contribution in [-0.2, 0) is 28.0 Å². The molecule has 2 radical (unpaired) electrons. The van der Waals surface area contributed by atoms with Gasteiger partial charge in [-0.15, -0.1) is 11.6 Å². The first-order valence-electron chi connectivity index (χ1n) is 14.5. The zero-order chi connectivity index (χ0) is 27.8. The minimum Gasteiger partial charge on any atom is -0.440 e. The van der Waals surface area contributed by atoms with Gasteiger partial charge in [0.15, 0.2) is 14.6 Å². The van der Waals surface area contributed by atoms with Crippen molar-refractivity contribution in [2.75, 3.05) is 19.1 Å². The molecular formula is C28H54BClO6Si. The van der Waals surface area contributed by atoms with Gasteiger partial charge in [-0.3, -0.25) is 0 Å². The van der Waals surface area contributed by atoms with Gasteiger partial charge < -0.3 is 28.0 Å². The van der Waals surface area contributed by atoms with E-state index in [1.807, 2.05) is 6.92 Å². The van der Waals surface area contributed by atoms with Crippen LogP contribution in [0.4, 0.5) is 0 Å². The van der Waals surface area contributed by atoms with Gasteiger partial charge in [0.2, 0.25) is 0 Å². The molecule has 1 saturated heterocycles. The Labute approximate surface area is 234 Å². The Balaban J connectivity index is 2.33. The van der Waals surface area contributed by atoms with Crippen LogP contribution < -0.4 is 0 Å². The summed E-state index contributed by atoms with van der Waals surface area (Å²) in [4.78, 5) is 0. The summed E-state index contributed by atoms with van der Waals surface area (Å²) in [7, 11) is 3.70. The molecule has 1 aliphatic heterocycles. The summed E-state index contributed by atoms with van der Waals surface area (Å²) >= 11 is 6.36. The third-order valence-corrected chi connectivity index (χ3v) is 13.4. The van der Waals surface area contributed by atoms with Crippen LogP contribution in [0.15, 0.2) is 0 Å². The standard InChI is InChI=1S/C28H54BClO6Si/c1-10-12-14-31-25-24(35-29)20(4)33-27(26(25)32-15-13-11-2)34-23-19(3)16-21(18-30)17-22(23)36-37(8,9)28(5,6)7/h19-27H,10-18H2,1-9H3/t19-,20?,21?,22?,23?,24?,25?,26?,27+/m1/s1. The second-order valence-electron chi connectivity index (χ2n) is 12.7. The lowest BCUT2D eigenvalue weighted by Gasteiger charge is -2.50. The summed E-state index contributed by atoms with van der Waals surface area (Å²) in [5.74, 6) is 1.32. The zero-order valence-corrected chi connectivity index (χ0v) is 26.7. The topological polar surface area (TPSA) is 55.4 Å². The van der Waals surface area contributed by atoms with Crippen molar-refractivity contribution < 1.29 is 28.0 Å². The molecule has 0 aromatic rings. The lowest BCUT2D eigenvalue weighted by Crippen LogP contribution is -2.62. The van der Waals surface area contributed by atoms with E-state index in [4.69, 9.17) is 47.7 Å². The molecule has 9 atom stereocenters. The molecule has 37 heavy (non-hydrogen) atoms. The predicted octanol–water partition coefficient (Wildman–Crippen LogP) is 6.63. The van der Waals surface area contributed by atoms with E-state index in [1.165, 1.54) is 0 Å². The predicted molar refractivity (Wildman–Crippen MR) is 154 cm³/mol. The van der Waals surface area contributed by atoms with E-state index in [9.17, 15) is 0 Å². The van der Waals surface area contributed by atoms with Crippen molar-refractivity contribution in [3.63, 3.8) is 0 Å². The molecule has 2 fully saturated rings. The highest BCUT2D eigenvalue weighted by Crippen LogP contribution is 2.43. The van der Waals surface area contributed by atoms with E-state index in [2.05, 4.69) is 54.6 Å². The molecule has 2 aliphatic rings. The molecule has 1 heterocycles. The SMILES string of the molecule is [B]OC1C(C)O[C@@H](OC2C(O[Si](C)(C)C(C)(C)C)CC(CCl)C[C@H]2C)C(OCCCC)C1OCCCC. The third kappa shape index (κ3) is 9.17. The zero-order valence-electron chi connectivity index (χ0n) is 25.0. The van der Waals surface area contributed by atoms with Gasteiger partial charge in [-0.1, -0.05) is 54.4 Å². The molecule has 0 aromatic heterocycles. The molecule has 9 heteroatoms. The Hall–Kier alpha value is 0.332. The maximum Gasteiger partial charge on any atom is 0.283 e. The van der Waals surface area contributed by atoms with E-state index in [0.717, 1.165) is 38.5 Å². The molecule has 0 spiro atoms. The Kier molecular flexibility index (Phi) is 13.9. The third-order valence-electron chi connectivity index (χ3n) is 8.46. The summed E-state index contributed by atoms with van der Waals surface area (Å²) in [6.07, 6.45) is 3.53. The summed E-state index contributed by atoms with van der Waals surface area (Å²) in [5.41, 5.74) is 0. The van der Waals surface area contributed by atoms with Gasteiger partial charge in [-0.05, 0) is 62.6 Å². The minimum absolute atomic E-state index is 0.0495. The number of alkyl halides is 1. The Morgan fingerprint density at radius 1 is 0.919 bits per heavy atom. The average molecular weight is 561 g/mol. The number of ether oxygens (including phenoxy) is 4. The fourth-order valence-corrected chi connectivity index (χ4v) is 6.71. The fraction of sp³-hybridized carbons (Fsp3) is 1.00. The Morgan fingerprint density at radius 3 is 2.03 bits per heavy atom. The molecule has 2 rings (SSSR count). The van der Waals surface area contributed by atoms with Crippen LogP contribution in [0.3, 0.4) is 0 Å². The average Bonchev–Trinajstić information content (AvgIpc) is 2.81. The smallest absolute Gasteiger partial charge is 0.283 e. The van der Waals surface area contributed by atoms with Gasteiger partial charge in [-0.25, -0.2) is 0 Å². The van der Waals surface area contributed by atoms with Gasteiger partial charge in [-0.2, -0.15) is 0 Å². The van der Waals surface area contributed by atoms with E-state index in [0.29, 0.717) is 25.0 Å². The van der Waals surface area contributed by atoms with Crippen molar-refractivity contribution in [1.82, 2.24) is 0 Å². The number of halogens is 1. The summed E-state index contributed by atoms with van der Waals surface area (Å²) in [6, 6.07) is 0. The minimum atomic E-state index is -2.04. The van der Waals surface area contributed by atoms with Crippen molar-refractivity contribution in [1.29, 1.82) is 0 Å². The first kappa shape index (κ1) is 33.5. The van der Waals surface area contributed by atoms with Crippen LogP contribution in [-0.4, -0.2) is 78.4 Å². The van der Waals surface area contributed by atoms with Crippen molar-refractivity contribution in [3.05, 3.63) is 0 Å². The number of unbranched alkanes of at least 4 members (excludes halogenated alkanes) is 2. The highest BCUT2D eigenvalue weighted by atomic mass is 35.5. The van der Waals surface area contributed by atoms with Crippen molar-refractivity contribution in [3.8, 4) is 0 Å². The van der Waals surface area contributed by atoms with Crippen LogP contribution in [0.1, 0.15) is 87.0 Å². The number of rotatable bonds is 14. The summed E-state index contributed by atoms with van der Waals surface area (Å²) in [5, 5.41) is 0.0975. The van der Waals surface area contributed by atoms with Crippen molar-refractivity contribution >= 4 is 28.0 Å². The second kappa shape index (κ2) is 15.4. The maximum absolute atomic E-state index is 6.99. The molecule has 0 bridgehead atoms. The number of hydrogen-bond acceptors (Lipinski definition) is 6. The van der Waals surface area contributed by atoms with Crippen LogP contribution in [0.2, 0.25) is 18.1 Å². The summed E-state index contributed by atoms with van der Waals surface area (Å²) in [6.45, 7) is 21.1. The molecule has 0 amide bonds. The van der Waals surface area contributed by atoms with E-state index in [1.54, 1.807) is 0 Å². The molecular weight excluding hydrogens is 507 g/mol. The van der Waals surface area contributed by atoms with E-state index >= 15 is 0 Å². The molecule has 216 valence electrons. The van der Waals surface area contributed by atoms with Gasteiger partial charge in [0.1, 0.15) is 12.2 Å². The van der Waals surface area contributed by atoms with Crippen molar-refractivity contribution in [2.24, 2.45) is 11.8 Å². The van der Waals surface area contributed by atoms with Crippen molar-refractivity contribution in [2.45, 2.75) is 148 Å². The molecule has 1 aliphatic carbocycles. The second-order valence-corrected chi connectivity index (χ2v) is 17.7. The molecule has 7 unspecified atom stereocenters. The lowest BCUT2D eigenvalue weighted by atomic mass is 9.79. The highest BCUT2D eigenvalue weighted by molar-refractivity contribution is 6.74. The van der Waals surface area contributed by atoms with Crippen LogP contribution in [0.5, 0.6) is 0 Å². The first-order chi connectivity index (χ1) is 17.4. The van der Waals surface area contributed by atoms with Crippen LogP contribution in [0.25, 0.3) is 0 Å². The fourth-order valence-electron chi connectivity index (χ4n) is 5.12. The largest absolute Gasteiger partial charge is 0.440 e. The van der Waals surface area contributed by atoms with Gasteiger partial charge in [0.05, 0.1) is 24.4 Å². The molecule has 1 saturated carbocycles. The van der Waals surface area contributed by atoms with Crippen LogP contribution >= 0.6 is 11.6 Å². The highest BCUT2D eigenvalue weighted by Gasteiger charge is 2.50. The first-order valence-corrected chi connectivity index (χ1v) is 18.0. The van der Waals surface area contributed by atoms with Gasteiger partial charge >= 0.3 is 0 Å². The summed E-state index contributed by atoms with van der Waals surface area (Å²) < 4.78 is 38.4. The Morgan fingerprint density at radius 2 is 1.51 bits per heavy atom. The lowest BCUT2D eigenvalue weighted by molar-refractivity contribution is -0.326. The Bertz CT molecular complexity index is 651. The van der Waals surface area contributed by atoms with Gasteiger partial charge in [0.25, 0.3) is 8.05 Å². The normalized spacial score (nSPS) is 35.6. The maximum atomic E-state index is 6.99. The van der Waals surface area contributed by atoms with E-state index < -0.39 is 26.8 Å². The molecule has 6 nitrogen and oxygen atoms in total. The molecule has 0 aromatic carbocycles. The van der Waals surface area contributed by atoms with Crippen LogP contribution in [0, 0.1) is 11.8 Å². The van der Waals surface area contributed by atoms with E-state index in [-0.39, 0.29) is 35.4 Å².